The van der Waals surface area contributed by atoms with Crippen LogP contribution in [0.3, 0.4) is 0 Å². The van der Waals surface area contributed by atoms with Crippen LogP contribution in [-0.4, -0.2) is 52.2 Å². The Balaban J connectivity index is 1.35. The first-order valence-electron chi connectivity index (χ1n) is 11.5. The Hall–Kier alpha value is -2.69. The number of hydrogen-bond acceptors (Lipinski definition) is 6. The van der Waals surface area contributed by atoms with E-state index in [2.05, 4.69) is 39.6 Å². The fourth-order valence-electron chi connectivity index (χ4n) is 3.75. The lowest BCUT2D eigenvalue weighted by molar-refractivity contribution is -0.115. The molecule has 2 heterocycles. The Morgan fingerprint density at radius 1 is 1.09 bits per heavy atom. The summed E-state index contributed by atoms with van der Waals surface area (Å²) >= 11 is 1.25. The zero-order valence-corrected chi connectivity index (χ0v) is 21.0. The molecule has 2 N–H and O–H groups in total. The highest BCUT2D eigenvalue weighted by Gasteiger charge is 2.26. The van der Waals surface area contributed by atoms with E-state index in [1.165, 1.54) is 21.6 Å². The topological polar surface area (TPSA) is 108 Å². The van der Waals surface area contributed by atoms with Crippen molar-refractivity contribution in [3.05, 3.63) is 54.1 Å². The summed E-state index contributed by atoms with van der Waals surface area (Å²) in [6.45, 7) is 5.00. The minimum atomic E-state index is -3.49. The van der Waals surface area contributed by atoms with Gasteiger partial charge in [-0.15, -0.1) is 5.10 Å². The highest BCUT2D eigenvalue weighted by atomic mass is 32.2. The Labute approximate surface area is 204 Å². The number of H-pyrrole nitrogens is 1. The highest BCUT2D eigenvalue weighted by Crippen LogP contribution is 2.25. The van der Waals surface area contributed by atoms with Crippen LogP contribution in [0.1, 0.15) is 38.7 Å². The van der Waals surface area contributed by atoms with E-state index >= 15 is 0 Å². The lowest BCUT2D eigenvalue weighted by Gasteiger charge is -2.25. The molecule has 3 aromatic rings. The molecule has 34 heavy (non-hydrogen) atoms. The molecule has 10 heteroatoms. The third-order valence-corrected chi connectivity index (χ3v) is 8.70. The summed E-state index contributed by atoms with van der Waals surface area (Å²) in [4.78, 5) is 17.4. The van der Waals surface area contributed by atoms with Crippen LogP contribution in [-0.2, 0) is 21.2 Å². The van der Waals surface area contributed by atoms with E-state index in [1.807, 2.05) is 12.1 Å². The number of nitrogens with one attached hydrogen (secondary N) is 2. The molecular weight excluding hydrogens is 470 g/mol. The molecule has 1 unspecified atom stereocenters. The van der Waals surface area contributed by atoms with Crippen molar-refractivity contribution in [1.82, 2.24) is 19.5 Å². The quantitative estimate of drug-likeness (QED) is 0.447. The first-order chi connectivity index (χ1) is 16.4. The summed E-state index contributed by atoms with van der Waals surface area (Å²) in [6, 6.07) is 14.4. The lowest BCUT2D eigenvalue weighted by Crippen LogP contribution is -2.35. The number of amides is 1. The molecule has 1 saturated heterocycles. The maximum Gasteiger partial charge on any atom is 0.243 e. The molecule has 1 amide bonds. The molecule has 1 aliphatic heterocycles. The second kappa shape index (κ2) is 10.7. The van der Waals surface area contributed by atoms with Crippen LogP contribution < -0.4 is 5.32 Å². The third-order valence-electron chi connectivity index (χ3n) is 5.83. The number of carbonyl (C=O) groups excluding carboxylic acids is 1. The Morgan fingerprint density at radius 2 is 1.76 bits per heavy atom. The van der Waals surface area contributed by atoms with Crippen molar-refractivity contribution in [2.75, 3.05) is 18.4 Å². The second-order valence-electron chi connectivity index (χ2n) is 8.26. The van der Waals surface area contributed by atoms with Crippen molar-refractivity contribution in [3.63, 3.8) is 0 Å². The fourth-order valence-corrected chi connectivity index (χ4v) is 5.99. The fraction of sp³-hybridized carbons (Fsp3) is 0.375. The zero-order chi connectivity index (χ0) is 24.1. The first kappa shape index (κ1) is 24.4. The van der Waals surface area contributed by atoms with Crippen molar-refractivity contribution in [2.45, 2.75) is 54.8 Å². The number of benzene rings is 2. The predicted octanol–water partition coefficient (Wildman–Crippen LogP) is 4.33. The molecule has 0 spiro atoms. The summed E-state index contributed by atoms with van der Waals surface area (Å²) in [5.74, 6) is 0.443. The van der Waals surface area contributed by atoms with Crippen LogP contribution in [0.15, 0.2) is 58.6 Å². The number of anilines is 1. The smallest absolute Gasteiger partial charge is 0.243 e. The number of hydrogen-bond donors (Lipinski definition) is 2. The second-order valence-corrected chi connectivity index (χ2v) is 11.5. The van der Waals surface area contributed by atoms with Gasteiger partial charge in [0.15, 0.2) is 5.82 Å². The Bertz CT molecular complexity index is 1220. The molecule has 0 bridgehead atoms. The van der Waals surface area contributed by atoms with Gasteiger partial charge >= 0.3 is 0 Å². The molecule has 180 valence electrons. The van der Waals surface area contributed by atoms with Gasteiger partial charge in [-0.1, -0.05) is 49.4 Å². The van der Waals surface area contributed by atoms with Gasteiger partial charge in [-0.05, 0) is 56.0 Å². The standard InChI is InChI=1S/C24H29N5O3S2/c1-3-18-7-9-19(10-8-18)22-26-24(28-27-22)33-17(2)23(30)25-20-11-13-21(14-12-20)34(31,32)29-15-5-4-6-16-29/h7-14,17H,3-6,15-16H2,1-2H3,(H,25,30)(H,26,27,28). The van der Waals surface area contributed by atoms with Gasteiger partial charge in [-0.25, -0.2) is 13.4 Å². The third kappa shape index (κ3) is 5.68. The summed E-state index contributed by atoms with van der Waals surface area (Å²) in [5.41, 5.74) is 2.73. The monoisotopic (exact) mass is 499 g/mol. The number of sulfonamides is 1. The molecule has 1 aliphatic rings. The van der Waals surface area contributed by atoms with E-state index in [-0.39, 0.29) is 10.8 Å². The van der Waals surface area contributed by atoms with Crippen LogP contribution in [0.5, 0.6) is 0 Å². The maximum absolute atomic E-state index is 12.8. The van der Waals surface area contributed by atoms with Crippen LogP contribution >= 0.6 is 11.8 Å². The van der Waals surface area contributed by atoms with Crippen molar-refractivity contribution in [3.8, 4) is 11.4 Å². The van der Waals surface area contributed by atoms with Crippen LogP contribution in [0.25, 0.3) is 11.4 Å². The average Bonchev–Trinajstić information content (AvgIpc) is 3.33. The summed E-state index contributed by atoms with van der Waals surface area (Å²) in [7, 11) is -3.49. The van der Waals surface area contributed by atoms with Crippen LogP contribution in [0.2, 0.25) is 0 Å². The van der Waals surface area contributed by atoms with E-state index in [0.717, 1.165) is 31.2 Å². The normalized spacial score (nSPS) is 15.7. The van der Waals surface area contributed by atoms with Crippen molar-refractivity contribution >= 4 is 33.4 Å². The number of rotatable bonds is 8. The molecule has 0 radical (unpaired) electrons. The summed E-state index contributed by atoms with van der Waals surface area (Å²) in [5, 5.41) is 10.0. The van der Waals surface area contributed by atoms with Crippen LogP contribution in [0, 0.1) is 0 Å². The van der Waals surface area contributed by atoms with E-state index < -0.39 is 15.3 Å². The van der Waals surface area contributed by atoms with E-state index in [1.54, 1.807) is 31.2 Å². The number of aromatic nitrogens is 3. The number of thioether (sulfide) groups is 1. The van der Waals surface area contributed by atoms with Gasteiger partial charge in [0.2, 0.25) is 21.1 Å². The zero-order valence-electron chi connectivity index (χ0n) is 19.3. The molecule has 2 aromatic carbocycles. The average molecular weight is 500 g/mol. The van der Waals surface area contributed by atoms with Gasteiger partial charge in [0.1, 0.15) is 0 Å². The molecule has 4 rings (SSSR count). The molecule has 0 saturated carbocycles. The van der Waals surface area contributed by atoms with Crippen molar-refractivity contribution < 1.29 is 13.2 Å². The first-order valence-corrected chi connectivity index (χ1v) is 13.8. The number of aryl methyl sites for hydroxylation is 1. The van der Waals surface area contributed by atoms with E-state index in [9.17, 15) is 13.2 Å². The molecule has 8 nitrogen and oxygen atoms in total. The molecule has 0 aliphatic carbocycles. The Morgan fingerprint density at radius 3 is 2.41 bits per heavy atom. The molecule has 1 fully saturated rings. The van der Waals surface area contributed by atoms with Crippen LogP contribution in [0.4, 0.5) is 5.69 Å². The predicted molar refractivity (Wildman–Crippen MR) is 134 cm³/mol. The van der Waals surface area contributed by atoms with E-state index in [4.69, 9.17) is 0 Å². The summed E-state index contributed by atoms with van der Waals surface area (Å²) < 4.78 is 27.1. The highest BCUT2D eigenvalue weighted by molar-refractivity contribution is 8.00. The number of piperidine rings is 1. The van der Waals surface area contributed by atoms with E-state index in [0.29, 0.717) is 29.8 Å². The number of aromatic amines is 1. The maximum atomic E-state index is 12.8. The summed E-state index contributed by atoms with van der Waals surface area (Å²) in [6.07, 6.45) is 3.82. The minimum Gasteiger partial charge on any atom is -0.325 e. The largest absolute Gasteiger partial charge is 0.325 e. The molecule has 1 aromatic heterocycles. The van der Waals surface area contributed by atoms with Gasteiger partial charge < -0.3 is 5.32 Å². The molecular formula is C24H29N5O3S2. The molecule has 1 atom stereocenters. The van der Waals surface area contributed by atoms with Gasteiger partial charge in [0.25, 0.3) is 0 Å². The number of carbonyl (C=O) groups is 1. The van der Waals surface area contributed by atoms with Gasteiger partial charge in [-0.3, -0.25) is 9.89 Å². The SMILES string of the molecule is CCc1ccc(-c2nc(SC(C)C(=O)Nc3ccc(S(=O)(=O)N4CCCCC4)cc3)n[nH]2)cc1. The van der Waals surface area contributed by atoms with Crippen molar-refractivity contribution in [2.24, 2.45) is 0 Å². The van der Waals surface area contributed by atoms with Gasteiger partial charge in [-0.2, -0.15) is 4.31 Å². The van der Waals surface area contributed by atoms with Crippen molar-refractivity contribution in [1.29, 1.82) is 0 Å². The number of nitrogens with zero attached hydrogens (tertiary/aromatic N) is 3. The lowest BCUT2D eigenvalue weighted by atomic mass is 10.1. The van der Waals surface area contributed by atoms with Gasteiger partial charge in [0.05, 0.1) is 10.1 Å². The minimum absolute atomic E-state index is 0.213. The van der Waals surface area contributed by atoms with Gasteiger partial charge in [0, 0.05) is 24.3 Å². The Kier molecular flexibility index (Phi) is 7.70.